The van der Waals surface area contributed by atoms with Crippen molar-refractivity contribution < 1.29 is 9.90 Å². The molecule has 1 atom stereocenters. The summed E-state index contributed by atoms with van der Waals surface area (Å²) in [6.07, 6.45) is 8.87. The number of rotatable bonds is 9. The van der Waals surface area contributed by atoms with E-state index in [0.717, 1.165) is 57.1 Å². The topological polar surface area (TPSA) is 40.5 Å². The molecule has 134 valence electrons. The number of ketones is 1. The molecular weight excluding hydrogens is 298 g/mol. The molecule has 1 saturated carbocycles. The van der Waals surface area contributed by atoms with Gasteiger partial charge in [-0.15, -0.1) is 0 Å². The van der Waals surface area contributed by atoms with Gasteiger partial charge in [-0.1, -0.05) is 56.0 Å². The zero-order valence-corrected chi connectivity index (χ0v) is 15.3. The Labute approximate surface area is 147 Å². The highest BCUT2D eigenvalue weighted by molar-refractivity contribution is 5.88. The van der Waals surface area contributed by atoms with Gasteiger partial charge in [-0.2, -0.15) is 0 Å². The highest BCUT2D eigenvalue weighted by atomic mass is 16.3. The molecule has 2 rings (SSSR count). The minimum Gasteiger partial charge on any atom is -0.377 e. The Bertz CT molecular complexity index is 494. The Morgan fingerprint density at radius 2 is 1.75 bits per heavy atom. The molecule has 1 aromatic rings. The maximum Gasteiger partial charge on any atom is 0.169 e. The molecule has 0 bridgehead atoms. The fraction of sp³-hybridized carbons (Fsp3) is 0.667. The summed E-state index contributed by atoms with van der Waals surface area (Å²) in [6, 6.07) is 9.62. The summed E-state index contributed by atoms with van der Waals surface area (Å²) < 4.78 is 0. The van der Waals surface area contributed by atoms with Gasteiger partial charge in [0, 0.05) is 6.42 Å². The minimum absolute atomic E-state index is 0.0189. The number of unbranched alkanes of at least 4 members (excludes halogenated alkanes) is 2. The molecule has 3 nitrogen and oxygen atoms in total. The summed E-state index contributed by atoms with van der Waals surface area (Å²) in [6.45, 7) is 1.06. The molecule has 1 aromatic carbocycles. The molecule has 0 aromatic heterocycles. The van der Waals surface area contributed by atoms with E-state index in [1.54, 1.807) is 0 Å². The van der Waals surface area contributed by atoms with E-state index < -0.39 is 5.60 Å². The molecule has 0 spiro atoms. The molecule has 0 saturated heterocycles. The van der Waals surface area contributed by atoms with E-state index in [9.17, 15) is 9.90 Å². The monoisotopic (exact) mass is 331 g/mol. The van der Waals surface area contributed by atoms with Crippen LogP contribution in [-0.2, 0) is 10.4 Å². The molecule has 1 N–H and O–H groups in total. The third-order valence-electron chi connectivity index (χ3n) is 5.34. The smallest absolute Gasteiger partial charge is 0.169 e. The standard InChI is InChI=1S/C21H33NO2/c1-22(2)17-11-5-10-16-20(23)21(24,18-12-6-3-7-13-18)19-14-8-4-9-15-19/h3,6-7,12-13,19,24H,4-5,8-11,14-17H2,1-2H3. The van der Waals surface area contributed by atoms with Crippen molar-refractivity contribution in [3.8, 4) is 0 Å². The highest BCUT2D eigenvalue weighted by Crippen LogP contribution is 2.41. The lowest BCUT2D eigenvalue weighted by Crippen LogP contribution is -2.44. The van der Waals surface area contributed by atoms with Gasteiger partial charge in [0.05, 0.1) is 0 Å². The first-order chi connectivity index (χ1) is 11.5. The van der Waals surface area contributed by atoms with Crippen LogP contribution in [0.5, 0.6) is 0 Å². The van der Waals surface area contributed by atoms with E-state index in [1.807, 2.05) is 30.3 Å². The van der Waals surface area contributed by atoms with Gasteiger partial charge in [-0.25, -0.2) is 0 Å². The lowest BCUT2D eigenvalue weighted by atomic mass is 9.70. The van der Waals surface area contributed by atoms with Crippen LogP contribution in [-0.4, -0.2) is 36.4 Å². The van der Waals surface area contributed by atoms with Crippen molar-refractivity contribution in [3.05, 3.63) is 35.9 Å². The van der Waals surface area contributed by atoms with E-state index in [1.165, 1.54) is 6.42 Å². The van der Waals surface area contributed by atoms with Gasteiger partial charge in [0.25, 0.3) is 0 Å². The van der Waals surface area contributed by atoms with Crippen molar-refractivity contribution in [2.24, 2.45) is 5.92 Å². The second-order valence-electron chi connectivity index (χ2n) is 7.50. The van der Waals surface area contributed by atoms with Crippen LogP contribution in [0.2, 0.25) is 0 Å². The minimum atomic E-state index is -1.29. The van der Waals surface area contributed by atoms with Crippen LogP contribution in [0, 0.1) is 5.92 Å². The van der Waals surface area contributed by atoms with Crippen LogP contribution < -0.4 is 0 Å². The number of carbonyl (C=O) groups excluding carboxylic acids is 1. The number of hydrogen-bond acceptors (Lipinski definition) is 3. The molecule has 0 amide bonds. The molecule has 0 aliphatic heterocycles. The zero-order chi connectivity index (χ0) is 17.4. The third kappa shape index (κ3) is 4.90. The van der Waals surface area contributed by atoms with Crippen molar-refractivity contribution in [1.29, 1.82) is 0 Å². The van der Waals surface area contributed by atoms with Crippen LogP contribution in [0.4, 0.5) is 0 Å². The van der Waals surface area contributed by atoms with E-state index in [-0.39, 0.29) is 11.7 Å². The van der Waals surface area contributed by atoms with Crippen LogP contribution in [0.3, 0.4) is 0 Å². The first kappa shape index (κ1) is 19.1. The van der Waals surface area contributed by atoms with Crippen molar-refractivity contribution in [2.75, 3.05) is 20.6 Å². The Morgan fingerprint density at radius 3 is 2.38 bits per heavy atom. The normalized spacial score (nSPS) is 18.5. The van der Waals surface area contributed by atoms with Crippen molar-refractivity contribution in [1.82, 2.24) is 4.90 Å². The van der Waals surface area contributed by atoms with Gasteiger partial charge >= 0.3 is 0 Å². The predicted octanol–water partition coefficient (Wildman–Crippen LogP) is 4.15. The molecule has 1 aliphatic carbocycles. The Morgan fingerprint density at radius 1 is 1.08 bits per heavy atom. The second kappa shape index (κ2) is 9.33. The first-order valence-corrected chi connectivity index (χ1v) is 9.51. The molecule has 1 unspecified atom stereocenters. The highest BCUT2D eigenvalue weighted by Gasteiger charge is 2.44. The first-order valence-electron chi connectivity index (χ1n) is 9.51. The number of carbonyl (C=O) groups is 1. The van der Waals surface area contributed by atoms with Gasteiger partial charge in [0.15, 0.2) is 11.4 Å². The molecule has 3 heteroatoms. The van der Waals surface area contributed by atoms with E-state index in [2.05, 4.69) is 19.0 Å². The molecule has 1 aliphatic rings. The van der Waals surface area contributed by atoms with Crippen molar-refractivity contribution in [2.45, 2.75) is 63.4 Å². The number of benzene rings is 1. The maximum absolute atomic E-state index is 13.0. The fourth-order valence-corrected chi connectivity index (χ4v) is 3.92. The third-order valence-corrected chi connectivity index (χ3v) is 5.34. The lowest BCUT2D eigenvalue weighted by Gasteiger charge is -2.38. The maximum atomic E-state index is 13.0. The van der Waals surface area contributed by atoms with Crippen LogP contribution >= 0.6 is 0 Å². The summed E-state index contributed by atoms with van der Waals surface area (Å²) in [7, 11) is 4.14. The largest absolute Gasteiger partial charge is 0.377 e. The average molecular weight is 332 g/mol. The summed E-state index contributed by atoms with van der Waals surface area (Å²) >= 11 is 0. The van der Waals surface area contributed by atoms with E-state index in [0.29, 0.717) is 6.42 Å². The van der Waals surface area contributed by atoms with Crippen LogP contribution in [0.15, 0.2) is 30.3 Å². The van der Waals surface area contributed by atoms with Gasteiger partial charge in [-0.3, -0.25) is 4.79 Å². The average Bonchev–Trinajstić information content (AvgIpc) is 2.61. The summed E-state index contributed by atoms with van der Waals surface area (Å²) in [4.78, 5) is 15.2. The van der Waals surface area contributed by atoms with Gasteiger partial charge < -0.3 is 10.0 Å². The predicted molar refractivity (Wildman–Crippen MR) is 98.9 cm³/mol. The second-order valence-corrected chi connectivity index (χ2v) is 7.50. The van der Waals surface area contributed by atoms with E-state index in [4.69, 9.17) is 0 Å². The molecule has 0 radical (unpaired) electrons. The van der Waals surface area contributed by atoms with Gasteiger partial charge in [-0.05, 0) is 57.8 Å². The number of hydrogen-bond donors (Lipinski definition) is 1. The number of Topliss-reactive ketones (excluding diaryl/α,β-unsaturated/α-hetero) is 1. The SMILES string of the molecule is CN(C)CCCCCC(=O)C(O)(c1ccccc1)C1CCCCC1. The van der Waals surface area contributed by atoms with Gasteiger partial charge in [0.1, 0.15) is 0 Å². The molecule has 1 fully saturated rings. The molecule has 24 heavy (non-hydrogen) atoms. The lowest BCUT2D eigenvalue weighted by molar-refractivity contribution is -0.147. The summed E-state index contributed by atoms with van der Waals surface area (Å²) in [5.41, 5.74) is -0.501. The summed E-state index contributed by atoms with van der Waals surface area (Å²) in [5.74, 6) is 0.0911. The van der Waals surface area contributed by atoms with Crippen LogP contribution in [0.25, 0.3) is 0 Å². The Kier molecular flexibility index (Phi) is 7.44. The molecule has 0 heterocycles. The van der Waals surface area contributed by atoms with Gasteiger partial charge in [0.2, 0.25) is 0 Å². The van der Waals surface area contributed by atoms with Crippen LogP contribution in [0.1, 0.15) is 63.4 Å². The fourth-order valence-electron chi connectivity index (χ4n) is 3.92. The summed E-state index contributed by atoms with van der Waals surface area (Å²) in [5, 5.41) is 11.5. The zero-order valence-electron chi connectivity index (χ0n) is 15.3. The quantitative estimate of drug-likeness (QED) is 0.691. The Balaban J connectivity index is 2.03. The Hall–Kier alpha value is -1.19. The number of aliphatic hydroxyl groups is 1. The van der Waals surface area contributed by atoms with Crippen molar-refractivity contribution >= 4 is 5.78 Å². The van der Waals surface area contributed by atoms with Crippen molar-refractivity contribution in [3.63, 3.8) is 0 Å². The number of nitrogens with zero attached hydrogens (tertiary/aromatic N) is 1. The molecular formula is C21H33NO2. The van der Waals surface area contributed by atoms with E-state index >= 15 is 0 Å².